The SMILES string of the molecule is O=C(N[C@H](Nc1cccc2ccccc12)C(=O)c1ccccc1)c1ccco1. The third-order valence-electron chi connectivity index (χ3n) is 4.43. The number of carbonyl (C=O) groups is 2. The van der Waals surface area contributed by atoms with Gasteiger partial charge in [-0.05, 0) is 23.6 Å². The van der Waals surface area contributed by atoms with Gasteiger partial charge in [0.05, 0.1) is 6.26 Å². The van der Waals surface area contributed by atoms with Crippen molar-refractivity contribution in [1.82, 2.24) is 5.32 Å². The lowest BCUT2D eigenvalue weighted by atomic mass is 10.1. The molecule has 0 spiro atoms. The van der Waals surface area contributed by atoms with Crippen LogP contribution < -0.4 is 10.6 Å². The molecule has 1 amide bonds. The van der Waals surface area contributed by atoms with Crippen LogP contribution >= 0.6 is 0 Å². The molecule has 138 valence electrons. The van der Waals surface area contributed by atoms with Crippen LogP contribution in [0.5, 0.6) is 0 Å². The Morgan fingerprint density at radius 3 is 2.32 bits per heavy atom. The first-order chi connectivity index (χ1) is 13.7. The van der Waals surface area contributed by atoms with Gasteiger partial charge in [0, 0.05) is 16.6 Å². The van der Waals surface area contributed by atoms with E-state index in [1.807, 2.05) is 48.5 Å². The zero-order chi connectivity index (χ0) is 19.3. The summed E-state index contributed by atoms with van der Waals surface area (Å²) in [5.74, 6) is -0.564. The molecule has 1 heterocycles. The van der Waals surface area contributed by atoms with E-state index in [1.54, 1.807) is 36.4 Å². The fourth-order valence-corrected chi connectivity index (χ4v) is 3.05. The molecule has 0 radical (unpaired) electrons. The Hall–Kier alpha value is -3.86. The number of hydrogen-bond acceptors (Lipinski definition) is 4. The number of Topliss-reactive ketones (excluding diaryl/α,β-unsaturated/α-hetero) is 1. The standard InChI is InChI=1S/C23H18N2O3/c26-21(17-9-2-1-3-10-17)22(25-23(27)20-14-7-15-28-20)24-19-13-6-11-16-8-4-5-12-18(16)19/h1-15,22,24H,(H,25,27)/t22-/m0/s1. The lowest BCUT2D eigenvalue weighted by Gasteiger charge is -2.21. The summed E-state index contributed by atoms with van der Waals surface area (Å²) in [6, 6.07) is 25.7. The average Bonchev–Trinajstić information content (AvgIpc) is 3.29. The number of furan rings is 1. The molecule has 0 fully saturated rings. The predicted molar refractivity (Wildman–Crippen MR) is 108 cm³/mol. The maximum atomic E-state index is 13.1. The Labute approximate surface area is 162 Å². The van der Waals surface area contributed by atoms with Crippen LogP contribution in [0.4, 0.5) is 5.69 Å². The minimum atomic E-state index is -0.953. The number of benzene rings is 3. The van der Waals surface area contributed by atoms with E-state index in [2.05, 4.69) is 10.6 Å². The second kappa shape index (κ2) is 7.80. The summed E-state index contributed by atoms with van der Waals surface area (Å²) in [5.41, 5.74) is 1.26. The highest BCUT2D eigenvalue weighted by Crippen LogP contribution is 2.24. The van der Waals surface area contributed by atoms with Gasteiger partial charge in [0.15, 0.2) is 11.9 Å². The van der Waals surface area contributed by atoms with Gasteiger partial charge >= 0.3 is 0 Å². The summed E-state index contributed by atoms with van der Waals surface area (Å²) in [4.78, 5) is 25.6. The summed E-state index contributed by atoms with van der Waals surface area (Å²) in [6.45, 7) is 0. The van der Waals surface area contributed by atoms with E-state index in [0.29, 0.717) is 5.56 Å². The number of rotatable bonds is 6. The van der Waals surface area contributed by atoms with Crippen LogP contribution in [0.25, 0.3) is 10.8 Å². The van der Waals surface area contributed by atoms with Crippen molar-refractivity contribution in [1.29, 1.82) is 0 Å². The van der Waals surface area contributed by atoms with Gasteiger partial charge in [0.2, 0.25) is 5.78 Å². The molecule has 2 N–H and O–H groups in total. The summed E-state index contributed by atoms with van der Waals surface area (Å²) >= 11 is 0. The molecule has 0 saturated heterocycles. The molecule has 0 aliphatic rings. The minimum absolute atomic E-state index is 0.144. The smallest absolute Gasteiger partial charge is 0.288 e. The van der Waals surface area contributed by atoms with Crippen LogP contribution in [0, 0.1) is 0 Å². The van der Waals surface area contributed by atoms with Gasteiger partial charge in [-0.25, -0.2) is 0 Å². The predicted octanol–water partition coefficient (Wildman–Crippen LogP) is 4.48. The van der Waals surface area contributed by atoms with E-state index < -0.39 is 12.1 Å². The molecule has 28 heavy (non-hydrogen) atoms. The van der Waals surface area contributed by atoms with Crippen molar-refractivity contribution in [3.05, 3.63) is 103 Å². The normalized spacial score (nSPS) is 11.7. The molecule has 4 rings (SSSR count). The maximum Gasteiger partial charge on any atom is 0.288 e. The molecule has 0 aliphatic carbocycles. The van der Waals surface area contributed by atoms with E-state index in [-0.39, 0.29) is 11.5 Å². The van der Waals surface area contributed by atoms with Crippen LogP contribution in [0.2, 0.25) is 0 Å². The van der Waals surface area contributed by atoms with Gasteiger partial charge in [0.25, 0.3) is 5.91 Å². The summed E-state index contributed by atoms with van der Waals surface area (Å²) in [7, 11) is 0. The third-order valence-corrected chi connectivity index (χ3v) is 4.43. The molecule has 0 saturated carbocycles. The molecule has 1 aromatic heterocycles. The molecule has 0 aliphatic heterocycles. The first-order valence-corrected chi connectivity index (χ1v) is 8.90. The Morgan fingerprint density at radius 2 is 1.54 bits per heavy atom. The lowest BCUT2D eigenvalue weighted by molar-refractivity contribution is 0.0853. The molecule has 4 aromatic rings. The maximum absolute atomic E-state index is 13.1. The topological polar surface area (TPSA) is 71.3 Å². The quantitative estimate of drug-likeness (QED) is 0.388. The Bertz CT molecular complexity index is 1100. The van der Waals surface area contributed by atoms with Gasteiger partial charge in [0.1, 0.15) is 0 Å². The fourth-order valence-electron chi connectivity index (χ4n) is 3.05. The van der Waals surface area contributed by atoms with E-state index in [1.165, 1.54) is 6.26 Å². The molecule has 0 bridgehead atoms. The average molecular weight is 370 g/mol. The number of fused-ring (bicyclic) bond motifs is 1. The van der Waals surface area contributed by atoms with Crippen LogP contribution in [0.15, 0.2) is 95.6 Å². The minimum Gasteiger partial charge on any atom is -0.459 e. The number of carbonyl (C=O) groups excluding carboxylic acids is 2. The van der Waals surface area contributed by atoms with E-state index in [0.717, 1.165) is 16.5 Å². The largest absolute Gasteiger partial charge is 0.459 e. The van der Waals surface area contributed by atoms with Gasteiger partial charge in [-0.1, -0.05) is 66.7 Å². The highest BCUT2D eigenvalue weighted by Gasteiger charge is 2.24. The number of ketones is 1. The number of amides is 1. The highest BCUT2D eigenvalue weighted by atomic mass is 16.3. The van der Waals surface area contributed by atoms with Crippen LogP contribution in [0.3, 0.4) is 0 Å². The number of nitrogens with one attached hydrogen (secondary N) is 2. The Kier molecular flexibility index (Phi) is 4.89. The second-order valence-electron chi connectivity index (χ2n) is 6.29. The first kappa shape index (κ1) is 17.5. The zero-order valence-electron chi connectivity index (χ0n) is 15.0. The Balaban J connectivity index is 1.68. The van der Waals surface area contributed by atoms with E-state index in [4.69, 9.17) is 4.42 Å². The molecule has 1 atom stereocenters. The molecule has 3 aromatic carbocycles. The number of anilines is 1. The van der Waals surface area contributed by atoms with Crippen molar-refractivity contribution >= 4 is 28.2 Å². The van der Waals surface area contributed by atoms with Crippen LogP contribution in [-0.4, -0.2) is 17.9 Å². The Morgan fingerprint density at radius 1 is 0.786 bits per heavy atom. The van der Waals surface area contributed by atoms with Gasteiger partial charge in [-0.3, -0.25) is 9.59 Å². The van der Waals surface area contributed by atoms with Gasteiger partial charge in [-0.15, -0.1) is 0 Å². The molecule has 5 nitrogen and oxygen atoms in total. The fraction of sp³-hybridized carbons (Fsp3) is 0.0435. The summed E-state index contributed by atoms with van der Waals surface area (Å²) in [6.07, 6.45) is 0.465. The van der Waals surface area contributed by atoms with Crippen LogP contribution in [-0.2, 0) is 0 Å². The monoisotopic (exact) mass is 370 g/mol. The van der Waals surface area contributed by atoms with Crippen molar-refractivity contribution in [2.75, 3.05) is 5.32 Å². The third kappa shape index (κ3) is 3.64. The van der Waals surface area contributed by atoms with Crippen molar-refractivity contribution in [3.8, 4) is 0 Å². The molecule has 5 heteroatoms. The first-order valence-electron chi connectivity index (χ1n) is 8.90. The molecular formula is C23H18N2O3. The van der Waals surface area contributed by atoms with Crippen molar-refractivity contribution in [2.24, 2.45) is 0 Å². The zero-order valence-corrected chi connectivity index (χ0v) is 15.0. The molecular weight excluding hydrogens is 352 g/mol. The lowest BCUT2D eigenvalue weighted by Crippen LogP contribution is -2.46. The van der Waals surface area contributed by atoms with E-state index in [9.17, 15) is 9.59 Å². The second-order valence-corrected chi connectivity index (χ2v) is 6.29. The summed E-state index contributed by atoms with van der Waals surface area (Å²) < 4.78 is 5.15. The van der Waals surface area contributed by atoms with E-state index >= 15 is 0 Å². The van der Waals surface area contributed by atoms with Crippen molar-refractivity contribution < 1.29 is 14.0 Å². The number of hydrogen-bond donors (Lipinski definition) is 2. The summed E-state index contributed by atoms with van der Waals surface area (Å²) in [5, 5.41) is 7.93. The van der Waals surface area contributed by atoms with Crippen molar-refractivity contribution in [3.63, 3.8) is 0 Å². The van der Waals surface area contributed by atoms with Crippen molar-refractivity contribution in [2.45, 2.75) is 6.17 Å². The van der Waals surface area contributed by atoms with Gasteiger partial charge < -0.3 is 15.1 Å². The van der Waals surface area contributed by atoms with Crippen LogP contribution in [0.1, 0.15) is 20.9 Å². The molecule has 0 unspecified atom stereocenters. The van der Waals surface area contributed by atoms with Gasteiger partial charge in [-0.2, -0.15) is 0 Å². The highest BCUT2D eigenvalue weighted by molar-refractivity contribution is 6.06.